The molecule has 0 fully saturated rings. The van der Waals surface area contributed by atoms with E-state index < -0.39 is 18.0 Å². The van der Waals surface area contributed by atoms with Crippen LogP contribution in [0.15, 0.2) is 24.3 Å². The van der Waals surface area contributed by atoms with E-state index >= 15 is 0 Å². The van der Waals surface area contributed by atoms with E-state index in [1.54, 1.807) is 17.0 Å². The number of imide groups is 1. The molecule has 114 valence electrons. The largest absolute Gasteiger partial charge is 0.481 e. The van der Waals surface area contributed by atoms with E-state index in [9.17, 15) is 14.4 Å². The topological polar surface area (TPSA) is 95.9 Å². The van der Waals surface area contributed by atoms with Crippen LogP contribution in [0.2, 0.25) is 0 Å². The van der Waals surface area contributed by atoms with E-state index in [1.807, 2.05) is 24.4 Å². The molecule has 7 heteroatoms. The van der Waals surface area contributed by atoms with Gasteiger partial charge in [-0.15, -0.1) is 0 Å². The molecule has 0 saturated heterocycles. The first-order valence-corrected chi connectivity index (χ1v) is 6.33. The van der Waals surface area contributed by atoms with Crippen LogP contribution in [0.1, 0.15) is 12.0 Å². The highest BCUT2D eigenvalue weighted by molar-refractivity contribution is 5.94. The number of carbonyl (C=O) groups excluding carboxylic acids is 2. The van der Waals surface area contributed by atoms with Crippen LogP contribution >= 0.6 is 0 Å². The Balaban J connectivity index is 2.76. The van der Waals surface area contributed by atoms with Gasteiger partial charge >= 0.3 is 12.1 Å². The summed E-state index contributed by atoms with van der Waals surface area (Å²) in [5.41, 5.74) is 1.76. The lowest BCUT2D eigenvalue weighted by molar-refractivity contribution is -0.136. The van der Waals surface area contributed by atoms with Crippen LogP contribution in [-0.2, 0) is 14.3 Å². The number of carbonyl (C=O) groups is 3. The molecule has 0 unspecified atom stereocenters. The van der Waals surface area contributed by atoms with Crippen LogP contribution in [0.3, 0.4) is 0 Å². The van der Waals surface area contributed by atoms with Crippen LogP contribution < -0.4 is 10.2 Å². The number of anilines is 1. The van der Waals surface area contributed by atoms with Crippen molar-refractivity contribution in [3.8, 4) is 0 Å². The van der Waals surface area contributed by atoms with Gasteiger partial charge in [-0.2, -0.15) is 0 Å². The second-order valence-electron chi connectivity index (χ2n) is 4.44. The Morgan fingerprint density at radius 1 is 1.24 bits per heavy atom. The third-order valence-corrected chi connectivity index (χ3v) is 2.76. The number of alkyl carbamates (subject to hydrolysis) is 1. The number of hydrogen-bond donors (Lipinski definition) is 2. The molecule has 7 nitrogen and oxygen atoms in total. The number of aliphatic carboxylic acids is 1. The number of amides is 2. The normalized spacial score (nSPS) is 9.81. The van der Waals surface area contributed by atoms with Gasteiger partial charge in [0.1, 0.15) is 0 Å². The van der Waals surface area contributed by atoms with E-state index in [1.165, 1.54) is 0 Å². The number of methoxy groups -OCH3 is 1. The van der Waals surface area contributed by atoms with Gasteiger partial charge in [0.05, 0.1) is 20.1 Å². The van der Waals surface area contributed by atoms with Gasteiger partial charge in [0, 0.05) is 12.2 Å². The summed E-state index contributed by atoms with van der Waals surface area (Å²) in [7, 11) is 1.16. The molecular weight excluding hydrogens is 276 g/mol. The smallest absolute Gasteiger partial charge is 0.413 e. The van der Waals surface area contributed by atoms with Crippen molar-refractivity contribution in [1.82, 2.24) is 5.32 Å². The Morgan fingerprint density at radius 3 is 2.38 bits per heavy atom. The zero-order valence-electron chi connectivity index (χ0n) is 12.0. The number of hydrogen-bond acceptors (Lipinski definition) is 5. The van der Waals surface area contributed by atoms with Gasteiger partial charge in [-0.3, -0.25) is 14.9 Å². The highest BCUT2D eigenvalue weighted by Crippen LogP contribution is 2.15. The fourth-order valence-electron chi connectivity index (χ4n) is 1.66. The molecule has 2 amide bonds. The SMILES string of the molecule is COC(=O)NC(=O)CN(CCC(=O)O)c1ccc(C)cc1. The zero-order valence-corrected chi connectivity index (χ0v) is 12.0. The van der Waals surface area contributed by atoms with E-state index in [-0.39, 0.29) is 19.5 Å². The molecule has 2 N–H and O–H groups in total. The van der Waals surface area contributed by atoms with E-state index in [4.69, 9.17) is 5.11 Å². The predicted octanol–water partition coefficient (Wildman–Crippen LogP) is 1.16. The van der Waals surface area contributed by atoms with E-state index in [0.29, 0.717) is 5.69 Å². The predicted molar refractivity (Wildman–Crippen MR) is 76.2 cm³/mol. The molecule has 1 aromatic carbocycles. The summed E-state index contributed by atoms with van der Waals surface area (Å²) in [6.45, 7) is 1.95. The van der Waals surface area contributed by atoms with Crippen molar-refractivity contribution in [2.75, 3.05) is 25.1 Å². The summed E-state index contributed by atoms with van der Waals surface area (Å²) in [5, 5.41) is 10.8. The van der Waals surface area contributed by atoms with Gasteiger partial charge in [-0.25, -0.2) is 4.79 Å². The maximum absolute atomic E-state index is 11.7. The molecule has 0 radical (unpaired) electrons. The molecule has 0 aliphatic rings. The first kappa shape index (κ1) is 16.5. The van der Waals surface area contributed by atoms with Gasteiger partial charge in [0.15, 0.2) is 0 Å². The van der Waals surface area contributed by atoms with Crippen molar-refractivity contribution in [3.63, 3.8) is 0 Å². The summed E-state index contributed by atoms with van der Waals surface area (Å²) in [6.07, 6.45) is -0.957. The molecular formula is C14H18N2O5. The quantitative estimate of drug-likeness (QED) is 0.817. The van der Waals surface area contributed by atoms with E-state index in [2.05, 4.69) is 4.74 Å². The number of ether oxygens (including phenoxy) is 1. The average molecular weight is 294 g/mol. The molecule has 21 heavy (non-hydrogen) atoms. The van der Waals surface area contributed by atoms with Crippen LogP contribution in [-0.4, -0.2) is 43.3 Å². The first-order chi connectivity index (χ1) is 9.92. The molecule has 0 aliphatic carbocycles. The molecule has 0 saturated carbocycles. The van der Waals surface area contributed by atoms with Crippen molar-refractivity contribution in [2.45, 2.75) is 13.3 Å². The molecule has 1 rings (SSSR count). The van der Waals surface area contributed by atoms with Crippen molar-refractivity contribution < 1.29 is 24.2 Å². The van der Waals surface area contributed by atoms with Crippen LogP contribution in [0, 0.1) is 6.92 Å². The fourth-order valence-corrected chi connectivity index (χ4v) is 1.66. The Bertz CT molecular complexity index is 513. The summed E-state index contributed by atoms with van der Waals surface area (Å²) in [6, 6.07) is 7.31. The lowest BCUT2D eigenvalue weighted by Crippen LogP contribution is -2.40. The monoisotopic (exact) mass is 294 g/mol. The Morgan fingerprint density at radius 2 is 1.86 bits per heavy atom. The number of nitrogens with zero attached hydrogens (tertiary/aromatic N) is 1. The number of rotatable bonds is 6. The lowest BCUT2D eigenvalue weighted by Gasteiger charge is -2.23. The highest BCUT2D eigenvalue weighted by Gasteiger charge is 2.15. The molecule has 0 bridgehead atoms. The maximum atomic E-state index is 11.7. The summed E-state index contributed by atoms with van der Waals surface area (Å²) in [4.78, 5) is 35.0. The number of carboxylic acid groups (broad SMARTS) is 1. The Labute approximate surface area is 122 Å². The van der Waals surface area contributed by atoms with Crippen LogP contribution in [0.5, 0.6) is 0 Å². The standard InChI is InChI=1S/C14H18N2O5/c1-10-3-5-11(6-4-10)16(8-7-13(18)19)9-12(17)15-14(20)21-2/h3-6H,7-9H2,1-2H3,(H,18,19)(H,15,17,20). The van der Waals surface area contributed by atoms with Crippen molar-refractivity contribution in [3.05, 3.63) is 29.8 Å². The molecule has 0 heterocycles. The third kappa shape index (κ3) is 5.94. The van der Waals surface area contributed by atoms with Crippen LogP contribution in [0.25, 0.3) is 0 Å². The number of aryl methyl sites for hydroxylation is 1. The minimum Gasteiger partial charge on any atom is -0.481 e. The molecule has 0 aliphatic heterocycles. The van der Waals surface area contributed by atoms with Crippen molar-refractivity contribution >= 4 is 23.7 Å². The van der Waals surface area contributed by atoms with Gasteiger partial charge in [-0.05, 0) is 19.1 Å². The zero-order chi connectivity index (χ0) is 15.8. The summed E-state index contributed by atoms with van der Waals surface area (Å²) < 4.78 is 4.34. The summed E-state index contributed by atoms with van der Waals surface area (Å²) >= 11 is 0. The average Bonchev–Trinajstić information content (AvgIpc) is 2.44. The Kier molecular flexibility index (Phi) is 6.19. The first-order valence-electron chi connectivity index (χ1n) is 6.33. The second kappa shape index (κ2) is 7.88. The molecule has 0 aromatic heterocycles. The molecule has 0 atom stereocenters. The summed E-state index contributed by atoms with van der Waals surface area (Å²) in [5.74, 6) is -1.52. The second-order valence-corrected chi connectivity index (χ2v) is 4.44. The van der Waals surface area contributed by atoms with Crippen molar-refractivity contribution in [1.29, 1.82) is 0 Å². The Hall–Kier alpha value is -2.57. The minimum absolute atomic E-state index is 0.112. The van der Waals surface area contributed by atoms with E-state index in [0.717, 1.165) is 12.7 Å². The number of nitrogens with one attached hydrogen (secondary N) is 1. The number of carboxylic acids is 1. The highest BCUT2D eigenvalue weighted by atomic mass is 16.5. The van der Waals surface area contributed by atoms with Gasteiger partial charge in [0.25, 0.3) is 0 Å². The van der Waals surface area contributed by atoms with Gasteiger partial charge < -0.3 is 14.7 Å². The fraction of sp³-hybridized carbons (Fsp3) is 0.357. The van der Waals surface area contributed by atoms with Crippen LogP contribution in [0.4, 0.5) is 10.5 Å². The lowest BCUT2D eigenvalue weighted by atomic mass is 10.2. The molecule has 0 spiro atoms. The number of benzene rings is 1. The van der Waals surface area contributed by atoms with Crippen molar-refractivity contribution in [2.24, 2.45) is 0 Å². The minimum atomic E-state index is -0.958. The van der Waals surface area contributed by atoms with Gasteiger partial charge in [0.2, 0.25) is 5.91 Å². The van der Waals surface area contributed by atoms with Gasteiger partial charge in [-0.1, -0.05) is 17.7 Å². The third-order valence-electron chi connectivity index (χ3n) is 2.76. The molecule has 1 aromatic rings. The maximum Gasteiger partial charge on any atom is 0.413 e.